The first-order valence-electron chi connectivity index (χ1n) is 43.0. The summed E-state index contributed by atoms with van der Waals surface area (Å²) in [5.74, 6) is 1.44. The third kappa shape index (κ3) is 72.7. The van der Waals surface area contributed by atoms with E-state index in [1.165, 1.54) is 289 Å². The molecule has 10 nitrogen and oxygen atoms in total. The van der Waals surface area contributed by atoms with Crippen molar-refractivity contribution in [3.8, 4) is 0 Å². The molecule has 0 rings (SSSR count). The van der Waals surface area contributed by atoms with Gasteiger partial charge in [-0.1, -0.05) is 343 Å². The zero-order chi connectivity index (χ0) is 69.1. The van der Waals surface area contributed by atoms with E-state index in [0.29, 0.717) is 82.1 Å². The Bertz CT molecular complexity index is 1540. The molecule has 562 valence electrons. The molecule has 95 heavy (non-hydrogen) atoms. The lowest BCUT2D eigenvalue weighted by Crippen LogP contribution is -2.35. The standard InChI is InChI=1S/C85H167N5O5/c1-6-11-16-21-26-31-36-38-43-48-54-61-81(91)65-63-80(64-66-82(92)62-55-49-44-39-37-32-27-22-17-12-7-2)67-76-89(77-68-83(93)86-71-56-50-45-40-33-28-23-18-13-8-3)74-59-53-60-75-90(78-69-84(94)87-72-57-51-46-41-34-29-24-19-14-9-4)79-70-85(95)88-73-58-52-47-42-35-30-25-20-15-10-5/h80H,6-79H2,1-5H3,(H,86,93)(H,87,94)(H,88,95). The van der Waals surface area contributed by atoms with Crippen molar-refractivity contribution in [2.45, 2.75) is 452 Å². The summed E-state index contributed by atoms with van der Waals surface area (Å²) in [7, 11) is 0. The quantitative estimate of drug-likeness (QED) is 0.0518. The van der Waals surface area contributed by atoms with Gasteiger partial charge in [0, 0.05) is 84.2 Å². The maximum atomic E-state index is 13.5. The van der Waals surface area contributed by atoms with Crippen molar-refractivity contribution in [2.75, 3.05) is 58.9 Å². The van der Waals surface area contributed by atoms with Gasteiger partial charge in [0.2, 0.25) is 17.7 Å². The van der Waals surface area contributed by atoms with Crippen molar-refractivity contribution in [1.82, 2.24) is 25.8 Å². The Balaban J connectivity index is 5.83. The molecule has 0 atom stereocenters. The van der Waals surface area contributed by atoms with E-state index in [2.05, 4.69) is 60.4 Å². The molecule has 0 bridgehead atoms. The Kier molecular flexibility index (Phi) is 75.5. The van der Waals surface area contributed by atoms with Crippen molar-refractivity contribution in [3.63, 3.8) is 0 Å². The molecule has 0 unspecified atom stereocenters. The molecule has 3 N–H and O–H groups in total. The first-order chi connectivity index (χ1) is 46.7. The molecule has 0 fully saturated rings. The second-order valence-electron chi connectivity index (χ2n) is 30.0. The molecule has 3 amide bonds. The fourth-order valence-corrected chi connectivity index (χ4v) is 13.8. The molecule has 0 aromatic carbocycles. The summed E-state index contributed by atoms with van der Waals surface area (Å²) in [6.45, 7) is 18.2. The molecule has 0 spiro atoms. The fraction of sp³-hybridized carbons (Fsp3) is 0.941. The van der Waals surface area contributed by atoms with Gasteiger partial charge in [0.05, 0.1) is 0 Å². The number of unbranched alkanes of at least 4 members (excludes halogenated alkanes) is 49. The summed E-state index contributed by atoms with van der Waals surface area (Å²) in [5.41, 5.74) is 0. The SMILES string of the molecule is CCCCCCCCCCCCCC(=O)CCC(CCC(=O)CCCCCCCCCCCCC)CCN(CCCCCN(CCC(=O)NCCCCCCCCCCCC)CCC(=O)NCCCCCCCCCCCC)CCC(=O)NCCCCCCCCCCCC. The second kappa shape index (κ2) is 77.4. The van der Waals surface area contributed by atoms with Crippen molar-refractivity contribution in [2.24, 2.45) is 5.92 Å². The fourth-order valence-electron chi connectivity index (χ4n) is 13.8. The zero-order valence-corrected chi connectivity index (χ0v) is 64.8. The van der Waals surface area contributed by atoms with E-state index >= 15 is 0 Å². The van der Waals surface area contributed by atoms with Crippen molar-refractivity contribution >= 4 is 29.3 Å². The van der Waals surface area contributed by atoms with Gasteiger partial charge in [-0.3, -0.25) is 24.0 Å². The number of carbonyl (C=O) groups excluding carboxylic acids is 5. The van der Waals surface area contributed by atoms with E-state index in [0.717, 1.165) is 123 Å². The average Bonchev–Trinajstić information content (AvgIpc) is 3.73. The molecule has 0 heterocycles. The Hall–Kier alpha value is -2.33. The van der Waals surface area contributed by atoms with Crippen LogP contribution in [0, 0.1) is 5.92 Å². The Morgan fingerprint density at radius 3 is 0.674 bits per heavy atom. The number of nitrogens with one attached hydrogen (secondary N) is 3. The van der Waals surface area contributed by atoms with Crippen LogP contribution in [0.3, 0.4) is 0 Å². The summed E-state index contributed by atoms with van der Waals surface area (Å²) in [4.78, 5) is 71.6. The van der Waals surface area contributed by atoms with Crippen LogP contribution < -0.4 is 16.0 Å². The van der Waals surface area contributed by atoms with Crippen LogP contribution in [-0.2, 0) is 24.0 Å². The molecule has 0 saturated carbocycles. The monoisotopic (exact) mass is 1340 g/mol. The average molecular weight is 1340 g/mol. The van der Waals surface area contributed by atoms with Gasteiger partial charge in [0.15, 0.2) is 0 Å². The van der Waals surface area contributed by atoms with E-state index in [4.69, 9.17) is 0 Å². The Labute approximate surface area is 592 Å². The van der Waals surface area contributed by atoms with E-state index in [1.54, 1.807) is 0 Å². The summed E-state index contributed by atoms with van der Waals surface area (Å²) in [6, 6.07) is 0. The highest BCUT2D eigenvalue weighted by Crippen LogP contribution is 2.23. The van der Waals surface area contributed by atoms with Crippen molar-refractivity contribution < 1.29 is 24.0 Å². The molecule has 10 heteroatoms. The van der Waals surface area contributed by atoms with Gasteiger partial charge in [-0.25, -0.2) is 0 Å². The van der Waals surface area contributed by atoms with Gasteiger partial charge >= 0.3 is 0 Å². The summed E-state index contributed by atoms with van der Waals surface area (Å²) >= 11 is 0. The minimum atomic E-state index is 0.111. The molecular formula is C85H167N5O5. The molecule has 0 aliphatic heterocycles. The van der Waals surface area contributed by atoms with E-state index in [9.17, 15) is 24.0 Å². The van der Waals surface area contributed by atoms with E-state index in [-0.39, 0.29) is 17.7 Å². The highest BCUT2D eigenvalue weighted by atomic mass is 16.2. The smallest absolute Gasteiger partial charge is 0.221 e. The number of hydrogen-bond donors (Lipinski definition) is 3. The van der Waals surface area contributed by atoms with Crippen LogP contribution in [-0.4, -0.2) is 98.0 Å². The van der Waals surface area contributed by atoms with Crippen LogP contribution in [0.4, 0.5) is 0 Å². The number of nitrogens with zero attached hydrogens (tertiary/aromatic N) is 2. The largest absolute Gasteiger partial charge is 0.356 e. The number of hydrogen-bond acceptors (Lipinski definition) is 7. The molecule has 0 radical (unpaired) electrons. The lowest BCUT2D eigenvalue weighted by molar-refractivity contribution is -0.122. The number of carbonyl (C=O) groups is 5. The van der Waals surface area contributed by atoms with Crippen LogP contribution >= 0.6 is 0 Å². The van der Waals surface area contributed by atoms with Crippen LogP contribution in [0.25, 0.3) is 0 Å². The molecule has 0 aliphatic rings. The lowest BCUT2D eigenvalue weighted by atomic mass is 9.90. The summed E-state index contributed by atoms with van der Waals surface area (Å²) in [6.07, 6.45) is 76.2. The van der Waals surface area contributed by atoms with Crippen LogP contribution in [0.2, 0.25) is 0 Å². The van der Waals surface area contributed by atoms with Gasteiger partial charge in [0.1, 0.15) is 11.6 Å². The molecule has 0 aromatic heterocycles. The van der Waals surface area contributed by atoms with Gasteiger partial charge in [-0.05, 0) is 89.8 Å². The molecular weight excluding hydrogens is 1170 g/mol. The maximum absolute atomic E-state index is 13.5. The highest BCUT2D eigenvalue weighted by molar-refractivity contribution is 5.79. The van der Waals surface area contributed by atoms with Crippen LogP contribution in [0.15, 0.2) is 0 Å². The molecule has 0 saturated heterocycles. The second-order valence-corrected chi connectivity index (χ2v) is 30.0. The highest BCUT2D eigenvalue weighted by Gasteiger charge is 2.18. The first kappa shape index (κ1) is 92.7. The van der Waals surface area contributed by atoms with Crippen molar-refractivity contribution in [3.05, 3.63) is 0 Å². The minimum absolute atomic E-state index is 0.111. The first-order valence-corrected chi connectivity index (χ1v) is 43.0. The summed E-state index contributed by atoms with van der Waals surface area (Å²) in [5, 5.41) is 9.68. The zero-order valence-electron chi connectivity index (χ0n) is 64.8. The Morgan fingerprint density at radius 1 is 0.211 bits per heavy atom. The van der Waals surface area contributed by atoms with Crippen molar-refractivity contribution in [1.29, 1.82) is 0 Å². The summed E-state index contributed by atoms with van der Waals surface area (Å²) < 4.78 is 0. The molecule has 0 aliphatic carbocycles. The minimum Gasteiger partial charge on any atom is -0.356 e. The van der Waals surface area contributed by atoms with Gasteiger partial charge in [0.25, 0.3) is 0 Å². The number of ketones is 2. The normalized spacial score (nSPS) is 11.7. The molecule has 0 aromatic rings. The third-order valence-corrected chi connectivity index (χ3v) is 20.6. The number of rotatable bonds is 81. The Morgan fingerprint density at radius 2 is 0.421 bits per heavy atom. The lowest BCUT2D eigenvalue weighted by Gasteiger charge is -2.26. The predicted molar refractivity (Wildman–Crippen MR) is 414 cm³/mol. The van der Waals surface area contributed by atoms with E-state index in [1.807, 2.05) is 0 Å². The van der Waals surface area contributed by atoms with Gasteiger partial charge in [-0.2, -0.15) is 0 Å². The topological polar surface area (TPSA) is 128 Å². The van der Waals surface area contributed by atoms with Gasteiger partial charge in [-0.15, -0.1) is 0 Å². The number of Topliss-reactive ketones (excluding diaryl/α,β-unsaturated/α-hetero) is 2. The maximum Gasteiger partial charge on any atom is 0.221 e. The van der Waals surface area contributed by atoms with Gasteiger partial charge < -0.3 is 25.8 Å². The predicted octanol–water partition coefficient (Wildman–Crippen LogP) is 24.1. The van der Waals surface area contributed by atoms with Crippen LogP contribution in [0.1, 0.15) is 452 Å². The van der Waals surface area contributed by atoms with E-state index < -0.39 is 0 Å². The third-order valence-electron chi connectivity index (χ3n) is 20.6. The number of amides is 3. The van der Waals surface area contributed by atoms with Crippen LogP contribution in [0.5, 0.6) is 0 Å².